The molecule has 0 aliphatic carbocycles. The van der Waals surface area contributed by atoms with Crippen molar-refractivity contribution in [3.8, 4) is 6.07 Å². The molecule has 2 rings (SSSR count). The number of hydrogen-bond donors (Lipinski definition) is 1. The summed E-state index contributed by atoms with van der Waals surface area (Å²) in [5, 5.41) is 12.7. The fourth-order valence-corrected chi connectivity index (χ4v) is 3.71. The second-order valence-electron chi connectivity index (χ2n) is 5.40. The third-order valence-corrected chi connectivity index (χ3v) is 5.86. The number of thiazole rings is 1. The van der Waals surface area contributed by atoms with Crippen LogP contribution in [0.25, 0.3) is 10.2 Å². The highest BCUT2D eigenvalue weighted by Crippen LogP contribution is 2.31. The summed E-state index contributed by atoms with van der Waals surface area (Å²) in [6, 6.07) is 7.72. The second kappa shape index (κ2) is 6.86. The first kappa shape index (κ1) is 17.1. The SMILES string of the molecule is CC(C)[C@](C)(C#N)NC(=O)CSc1nc2cc(Cl)ccc2s1. The summed E-state index contributed by atoms with van der Waals surface area (Å²) in [4.78, 5) is 16.5. The summed E-state index contributed by atoms with van der Waals surface area (Å²) >= 11 is 8.83. The van der Waals surface area contributed by atoms with Crippen molar-refractivity contribution in [2.45, 2.75) is 30.6 Å². The van der Waals surface area contributed by atoms with Gasteiger partial charge in [-0.05, 0) is 31.0 Å². The van der Waals surface area contributed by atoms with E-state index in [1.165, 1.54) is 23.1 Å². The van der Waals surface area contributed by atoms with E-state index in [0.717, 1.165) is 14.6 Å². The molecule has 0 fully saturated rings. The molecule has 7 heteroatoms. The van der Waals surface area contributed by atoms with Crippen LogP contribution in [-0.4, -0.2) is 22.2 Å². The van der Waals surface area contributed by atoms with E-state index in [1.54, 1.807) is 6.92 Å². The zero-order valence-corrected chi connectivity index (χ0v) is 14.9. The highest BCUT2D eigenvalue weighted by Gasteiger charge is 2.29. The third-order valence-electron chi connectivity index (χ3n) is 3.44. The number of hydrogen-bond acceptors (Lipinski definition) is 5. The van der Waals surface area contributed by atoms with Crippen LogP contribution in [0.1, 0.15) is 20.8 Å². The maximum atomic E-state index is 12.0. The van der Waals surface area contributed by atoms with Crippen LogP contribution in [0.5, 0.6) is 0 Å². The predicted molar refractivity (Wildman–Crippen MR) is 92.4 cm³/mol. The van der Waals surface area contributed by atoms with Crippen LogP contribution in [0.15, 0.2) is 22.5 Å². The van der Waals surface area contributed by atoms with E-state index in [-0.39, 0.29) is 17.6 Å². The summed E-state index contributed by atoms with van der Waals surface area (Å²) in [7, 11) is 0. The number of rotatable bonds is 5. The largest absolute Gasteiger partial charge is 0.337 e. The summed E-state index contributed by atoms with van der Waals surface area (Å²) in [5.41, 5.74) is -0.0110. The van der Waals surface area contributed by atoms with Gasteiger partial charge in [-0.3, -0.25) is 4.79 Å². The van der Waals surface area contributed by atoms with Crippen molar-refractivity contribution in [2.75, 3.05) is 5.75 Å². The molecule has 0 bridgehead atoms. The Morgan fingerprint density at radius 3 is 2.95 bits per heavy atom. The van der Waals surface area contributed by atoms with Crippen molar-refractivity contribution in [1.82, 2.24) is 10.3 Å². The number of carbonyl (C=O) groups is 1. The van der Waals surface area contributed by atoms with Crippen LogP contribution in [0, 0.1) is 17.2 Å². The zero-order chi connectivity index (χ0) is 16.3. The average molecular weight is 354 g/mol. The summed E-state index contributed by atoms with van der Waals surface area (Å²) < 4.78 is 1.85. The third kappa shape index (κ3) is 3.92. The molecule has 4 nitrogen and oxygen atoms in total. The Hall–Kier alpha value is -1.29. The van der Waals surface area contributed by atoms with Crippen LogP contribution in [0.4, 0.5) is 0 Å². The molecule has 22 heavy (non-hydrogen) atoms. The van der Waals surface area contributed by atoms with Crippen molar-refractivity contribution in [3.05, 3.63) is 23.2 Å². The summed E-state index contributed by atoms with van der Waals surface area (Å²) in [6.07, 6.45) is 0. The van der Waals surface area contributed by atoms with Crippen molar-refractivity contribution < 1.29 is 4.79 Å². The quantitative estimate of drug-likeness (QED) is 0.822. The van der Waals surface area contributed by atoms with Gasteiger partial charge in [0, 0.05) is 5.02 Å². The molecule has 2 aromatic rings. The van der Waals surface area contributed by atoms with Crippen molar-refractivity contribution in [2.24, 2.45) is 5.92 Å². The first-order chi connectivity index (χ1) is 10.3. The van der Waals surface area contributed by atoms with Gasteiger partial charge in [-0.2, -0.15) is 5.26 Å². The molecule has 0 spiro atoms. The minimum Gasteiger partial charge on any atom is -0.337 e. The Bertz CT molecular complexity index is 738. The molecule has 0 radical (unpaired) electrons. The van der Waals surface area contributed by atoms with Gasteiger partial charge in [0.25, 0.3) is 0 Å². The Morgan fingerprint density at radius 1 is 1.59 bits per heavy atom. The number of amides is 1. The summed E-state index contributed by atoms with van der Waals surface area (Å²) in [5.74, 6) is 0.105. The van der Waals surface area contributed by atoms with Crippen LogP contribution >= 0.6 is 34.7 Å². The number of fused-ring (bicyclic) bond motifs is 1. The maximum absolute atomic E-state index is 12.0. The highest BCUT2D eigenvalue weighted by atomic mass is 35.5. The van der Waals surface area contributed by atoms with Crippen LogP contribution < -0.4 is 5.32 Å². The minimum atomic E-state index is -0.848. The number of nitrogens with one attached hydrogen (secondary N) is 1. The highest BCUT2D eigenvalue weighted by molar-refractivity contribution is 8.01. The van der Waals surface area contributed by atoms with E-state index in [0.29, 0.717) is 5.02 Å². The topological polar surface area (TPSA) is 65.8 Å². The summed E-state index contributed by atoms with van der Waals surface area (Å²) in [6.45, 7) is 5.56. The molecule has 1 N–H and O–H groups in total. The number of benzene rings is 1. The second-order valence-corrected chi connectivity index (χ2v) is 8.09. The standard InChI is InChI=1S/C15H16ClN3OS2/c1-9(2)15(3,8-17)19-13(20)7-21-14-18-11-6-10(16)4-5-12(11)22-14/h4-6,9H,7H2,1-3H3,(H,19,20)/t15-/m0/s1. The first-order valence-electron chi connectivity index (χ1n) is 6.75. The smallest absolute Gasteiger partial charge is 0.231 e. The van der Waals surface area contributed by atoms with Gasteiger partial charge in [-0.15, -0.1) is 11.3 Å². The van der Waals surface area contributed by atoms with E-state index in [9.17, 15) is 10.1 Å². The fraction of sp³-hybridized carbons (Fsp3) is 0.400. The van der Waals surface area contributed by atoms with Crippen molar-refractivity contribution in [3.63, 3.8) is 0 Å². The van der Waals surface area contributed by atoms with E-state index in [4.69, 9.17) is 11.6 Å². The lowest BCUT2D eigenvalue weighted by atomic mass is 9.90. The molecule has 0 aliphatic heterocycles. The number of thioether (sulfide) groups is 1. The molecular weight excluding hydrogens is 338 g/mol. The van der Waals surface area contributed by atoms with Crippen LogP contribution in [0.3, 0.4) is 0 Å². The predicted octanol–water partition coefficient (Wildman–Crippen LogP) is 4.10. The molecule has 1 atom stereocenters. The van der Waals surface area contributed by atoms with Crippen LogP contribution in [-0.2, 0) is 4.79 Å². The van der Waals surface area contributed by atoms with Gasteiger partial charge in [0.05, 0.1) is 22.0 Å². The van der Waals surface area contributed by atoms with E-state index >= 15 is 0 Å². The number of carbonyl (C=O) groups excluding carboxylic acids is 1. The molecule has 0 saturated carbocycles. The molecule has 1 heterocycles. The van der Waals surface area contributed by atoms with Gasteiger partial charge in [0.2, 0.25) is 5.91 Å². The monoisotopic (exact) mass is 353 g/mol. The molecule has 1 aromatic heterocycles. The number of nitriles is 1. The number of nitrogens with zero attached hydrogens (tertiary/aromatic N) is 2. The lowest BCUT2D eigenvalue weighted by Crippen LogP contribution is -2.49. The van der Waals surface area contributed by atoms with Gasteiger partial charge >= 0.3 is 0 Å². The van der Waals surface area contributed by atoms with Gasteiger partial charge in [-0.1, -0.05) is 37.2 Å². The number of aromatic nitrogens is 1. The van der Waals surface area contributed by atoms with Gasteiger partial charge < -0.3 is 5.32 Å². The first-order valence-corrected chi connectivity index (χ1v) is 8.93. The lowest BCUT2D eigenvalue weighted by molar-refractivity contribution is -0.120. The Morgan fingerprint density at radius 2 is 2.32 bits per heavy atom. The van der Waals surface area contributed by atoms with Crippen molar-refractivity contribution >= 4 is 50.8 Å². The van der Waals surface area contributed by atoms with Crippen LogP contribution in [0.2, 0.25) is 5.02 Å². The Balaban J connectivity index is 1.99. The normalized spacial score (nSPS) is 13.8. The van der Waals surface area contributed by atoms with E-state index in [1.807, 2.05) is 32.0 Å². The molecule has 0 saturated heterocycles. The lowest BCUT2D eigenvalue weighted by Gasteiger charge is -2.27. The average Bonchev–Trinajstić information content (AvgIpc) is 2.86. The van der Waals surface area contributed by atoms with E-state index in [2.05, 4.69) is 16.4 Å². The Kier molecular flexibility index (Phi) is 5.32. The molecular formula is C15H16ClN3OS2. The van der Waals surface area contributed by atoms with E-state index < -0.39 is 5.54 Å². The molecule has 1 aromatic carbocycles. The molecule has 1 amide bonds. The zero-order valence-electron chi connectivity index (χ0n) is 12.5. The fourth-order valence-electron chi connectivity index (χ4n) is 1.70. The molecule has 116 valence electrons. The molecule has 0 unspecified atom stereocenters. The minimum absolute atomic E-state index is 0.0380. The molecule has 0 aliphatic rings. The van der Waals surface area contributed by atoms with Gasteiger partial charge in [-0.25, -0.2) is 4.98 Å². The van der Waals surface area contributed by atoms with Gasteiger partial charge in [0.1, 0.15) is 5.54 Å². The van der Waals surface area contributed by atoms with Gasteiger partial charge in [0.15, 0.2) is 4.34 Å². The Labute approximate surface area is 142 Å². The number of halogens is 1. The van der Waals surface area contributed by atoms with Crippen molar-refractivity contribution in [1.29, 1.82) is 5.26 Å². The maximum Gasteiger partial charge on any atom is 0.231 e.